The predicted molar refractivity (Wildman–Crippen MR) is 90.5 cm³/mol. The van der Waals surface area contributed by atoms with Crippen molar-refractivity contribution in [1.82, 2.24) is 20.1 Å². The van der Waals surface area contributed by atoms with E-state index in [9.17, 15) is 4.79 Å². The third-order valence-corrected chi connectivity index (χ3v) is 4.88. The molecule has 4 rings (SSSR count). The summed E-state index contributed by atoms with van der Waals surface area (Å²) in [6.07, 6.45) is 6.49. The number of carbonyl (C=O) groups is 1. The Hall–Kier alpha value is -2.41. The second-order valence-electron chi connectivity index (χ2n) is 6.69. The summed E-state index contributed by atoms with van der Waals surface area (Å²) in [6.45, 7) is 0.971. The summed E-state index contributed by atoms with van der Waals surface area (Å²) in [5, 5.41) is 7.22. The summed E-state index contributed by atoms with van der Waals surface area (Å²) in [5.41, 5.74) is 1.54. The fraction of sp³-hybridized carbons (Fsp3) is 0.500. The molecule has 0 spiro atoms. The molecule has 1 saturated heterocycles. The average Bonchev–Trinajstić information content (AvgIpc) is 3.23. The predicted octanol–water partition coefficient (Wildman–Crippen LogP) is 1.99. The number of hydrogen-bond donors (Lipinski definition) is 1. The molecule has 25 heavy (non-hydrogen) atoms. The van der Waals surface area contributed by atoms with E-state index < -0.39 is 0 Å². The minimum absolute atomic E-state index is 0.0216. The first-order valence-corrected chi connectivity index (χ1v) is 8.66. The van der Waals surface area contributed by atoms with Crippen LogP contribution in [0.1, 0.15) is 41.4 Å². The number of nitrogens with one attached hydrogen (secondary N) is 1. The zero-order valence-electron chi connectivity index (χ0n) is 14.2. The summed E-state index contributed by atoms with van der Waals surface area (Å²) < 4.78 is 11.3. The van der Waals surface area contributed by atoms with Crippen molar-refractivity contribution in [3.8, 4) is 5.75 Å². The molecule has 3 heterocycles. The van der Waals surface area contributed by atoms with E-state index in [1.807, 2.05) is 23.1 Å². The SMILES string of the molecule is CO[C@@H]1C[C@@H](COc2cccnc2)N(C(=O)c2cc(C3CC3)[nH]n2)C1. The highest BCUT2D eigenvalue weighted by Crippen LogP contribution is 2.39. The van der Waals surface area contributed by atoms with Crippen LogP contribution in [0.5, 0.6) is 5.75 Å². The molecule has 0 aromatic carbocycles. The zero-order valence-corrected chi connectivity index (χ0v) is 14.2. The largest absolute Gasteiger partial charge is 0.490 e. The van der Waals surface area contributed by atoms with Crippen molar-refractivity contribution in [2.24, 2.45) is 0 Å². The van der Waals surface area contributed by atoms with Gasteiger partial charge in [0.15, 0.2) is 0 Å². The lowest BCUT2D eigenvalue weighted by atomic mass is 10.2. The van der Waals surface area contributed by atoms with Crippen molar-refractivity contribution in [1.29, 1.82) is 0 Å². The van der Waals surface area contributed by atoms with Crippen LogP contribution in [0.4, 0.5) is 0 Å². The molecule has 0 unspecified atom stereocenters. The molecule has 0 radical (unpaired) electrons. The molecule has 1 amide bonds. The number of H-pyrrole nitrogens is 1. The Bertz CT molecular complexity index is 729. The first-order chi connectivity index (χ1) is 12.2. The molecule has 2 aromatic heterocycles. The molecule has 2 atom stereocenters. The van der Waals surface area contributed by atoms with Crippen molar-refractivity contribution in [2.75, 3.05) is 20.3 Å². The molecule has 7 heteroatoms. The maximum atomic E-state index is 12.9. The molecular formula is C18H22N4O3. The summed E-state index contributed by atoms with van der Waals surface area (Å²) in [4.78, 5) is 18.8. The van der Waals surface area contributed by atoms with E-state index in [-0.39, 0.29) is 18.1 Å². The number of carbonyl (C=O) groups excluding carboxylic acids is 1. The van der Waals surface area contributed by atoms with Crippen LogP contribution >= 0.6 is 0 Å². The number of aromatic nitrogens is 3. The van der Waals surface area contributed by atoms with Gasteiger partial charge < -0.3 is 14.4 Å². The normalized spacial score (nSPS) is 23.0. The third-order valence-electron chi connectivity index (χ3n) is 4.88. The van der Waals surface area contributed by atoms with Gasteiger partial charge in [-0.3, -0.25) is 14.9 Å². The van der Waals surface area contributed by atoms with E-state index >= 15 is 0 Å². The standard InChI is InChI=1S/C18H22N4O3/c1-24-15-7-13(11-25-14-3-2-6-19-9-14)22(10-15)18(23)17-8-16(20-21-17)12-4-5-12/h2-3,6,8-9,12-13,15H,4-5,7,10-11H2,1H3,(H,20,21)/t13-,15+/m0/s1. The maximum absolute atomic E-state index is 12.9. The molecule has 1 aliphatic heterocycles. The van der Waals surface area contributed by atoms with Crippen LogP contribution in [-0.2, 0) is 4.74 Å². The number of aromatic amines is 1. The molecule has 0 bridgehead atoms. The first-order valence-electron chi connectivity index (χ1n) is 8.66. The van der Waals surface area contributed by atoms with Crippen molar-refractivity contribution in [3.63, 3.8) is 0 Å². The van der Waals surface area contributed by atoms with Crippen molar-refractivity contribution >= 4 is 5.91 Å². The number of ether oxygens (including phenoxy) is 2. The van der Waals surface area contributed by atoms with E-state index in [1.54, 1.807) is 19.5 Å². The van der Waals surface area contributed by atoms with Crippen LogP contribution in [-0.4, -0.2) is 58.4 Å². The fourth-order valence-corrected chi connectivity index (χ4v) is 3.27. The smallest absolute Gasteiger partial charge is 0.274 e. The van der Waals surface area contributed by atoms with Crippen LogP contribution in [0.3, 0.4) is 0 Å². The van der Waals surface area contributed by atoms with E-state index in [4.69, 9.17) is 9.47 Å². The van der Waals surface area contributed by atoms with Gasteiger partial charge in [-0.1, -0.05) is 0 Å². The molecule has 2 aromatic rings. The Labute approximate surface area is 146 Å². The fourth-order valence-electron chi connectivity index (χ4n) is 3.27. The molecule has 1 saturated carbocycles. The van der Waals surface area contributed by atoms with Gasteiger partial charge in [0.1, 0.15) is 18.1 Å². The highest BCUT2D eigenvalue weighted by molar-refractivity contribution is 5.93. The van der Waals surface area contributed by atoms with Crippen LogP contribution in [0.25, 0.3) is 0 Å². The summed E-state index contributed by atoms with van der Waals surface area (Å²) >= 11 is 0. The number of rotatable bonds is 6. The van der Waals surface area contributed by atoms with Gasteiger partial charge in [-0.25, -0.2) is 0 Å². The molecule has 2 aliphatic rings. The maximum Gasteiger partial charge on any atom is 0.274 e. The van der Waals surface area contributed by atoms with Crippen LogP contribution in [0.2, 0.25) is 0 Å². The van der Waals surface area contributed by atoms with Gasteiger partial charge in [-0.05, 0) is 37.5 Å². The number of likely N-dealkylation sites (tertiary alicyclic amines) is 1. The molecule has 2 fully saturated rings. The van der Waals surface area contributed by atoms with Gasteiger partial charge in [0.25, 0.3) is 5.91 Å². The minimum Gasteiger partial charge on any atom is -0.490 e. The Morgan fingerprint density at radius 3 is 3.04 bits per heavy atom. The lowest BCUT2D eigenvalue weighted by molar-refractivity contribution is 0.0652. The summed E-state index contributed by atoms with van der Waals surface area (Å²) in [6, 6.07) is 5.53. The second kappa shape index (κ2) is 6.84. The van der Waals surface area contributed by atoms with Crippen molar-refractivity contribution in [3.05, 3.63) is 42.0 Å². The van der Waals surface area contributed by atoms with Gasteiger partial charge >= 0.3 is 0 Å². The third kappa shape index (κ3) is 3.51. The Morgan fingerprint density at radius 1 is 1.44 bits per heavy atom. The second-order valence-corrected chi connectivity index (χ2v) is 6.69. The lowest BCUT2D eigenvalue weighted by Gasteiger charge is -2.23. The number of nitrogens with zero attached hydrogens (tertiary/aromatic N) is 3. The van der Waals surface area contributed by atoms with Crippen LogP contribution in [0, 0.1) is 0 Å². The highest BCUT2D eigenvalue weighted by Gasteiger charge is 2.37. The van der Waals surface area contributed by atoms with E-state index in [0.29, 0.717) is 30.5 Å². The minimum atomic E-state index is -0.0671. The van der Waals surface area contributed by atoms with Gasteiger partial charge in [0, 0.05) is 31.5 Å². The quantitative estimate of drug-likeness (QED) is 0.868. The molecule has 132 valence electrons. The topological polar surface area (TPSA) is 80.3 Å². The van der Waals surface area contributed by atoms with E-state index in [0.717, 1.165) is 12.1 Å². The summed E-state index contributed by atoms with van der Waals surface area (Å²) in [7, 11) is 1.68. The van der Waals surface area contributed by atoms with Gasteiger partial charge in [-0.15, -0.1) is 0 Å². The van der Waals surface area contributed by atoms with Crippen LogP contribution in [0.15, 0.2) is 30.6 Å². The van der Waals surface area contributed by atoms with E-state index in [2.05, 4.69) is 15.2 Å². The monoisotopic (exact) mass is 342 g/mol. The van der Waals surface area contributed by atoms with E-state index in [1.165, 1.54) is 12.8 Å². The number of amides is 1. The van der Waals surface area contributed by atoms with Gasteiger partial charge in [-0.2, -0.15) is 5.10 Å². The van der Waals surface area contributed by atoms with Crippen LogP contribution < -0.4 is 4.74 Å². The Morgan fingerprint density at radius 2 is 2.32 bits per heavy atom. The Kier molecular flexibility index (Phi) is 4.40. The average molecular weight is 342 g/mol. The van der Waals surface area contributed by atoms with Crippen molar-refractivity contribution in [2.45, 2.75) is 37.3 Å². The van der Waals surface area contributed by atoms with Crippen molar-refractivity contribution < 1.29 is 14.3 Å². The number of hydrogen-bond acceptors (Lipinski definition) is 5. The molecule has 1 N–H and O–H groups in total. The number of pyridine rings is 1. The Balaban J connectivity index is 1.45. The lowest BCUT2D eigenvalue weighted by Crippen LogP contribution is -2.39. The molecular weight excluding hydrogens is 320 g/mol. The molecule has 1 aliphatic carbocycles. The molecule has 7 nitrogen and oxygen atoms in total. The van der Waals surface area contributed by atoms with Gasteiger partial charge in [0.05, 0.1) is 18.3 Å². The highest BCUT2D eigenvalue weighted by atomic mass is 16.5. The number of methoxy groups -OCH3 is 1. The van der Waals surface area contributed by atoms with Gasteiger partial charge in [0.2, 0.25) is 0 Å². The zero-order chi connectivity index (χ0) is 17.2. The summed E-state index contributed by atoms with van der Waals surface area (Å²) in [5.74, 6) is 1.18. The first kappa shape index (κ1) is 16.1.